The standard InChI is InChI=1S/C37H45N2O5/c1-37(2,24-28-13-16-32(17-14-28)42-22-8-21-41-26-29-9-5-4-6-10-29)44-36(40)33-18-19-38-25-35(33)43-27-30-12-15-31-11-7-20-39(3)34(31)23-30/h4-7,9-17,20,23,33,35,38H,8,18-19,21-22,24-27H2,1-3H3/q+1. The van der Waals surface area contributed by atoms with E-state index in [9.17, 15) is 4.79 Å². The average molecular weight is 598 g/mol. The second-order valence-electron chi connectivity index (χ2n) is 12.2. The molecule has 0 saturated carbocycles. The summed E-state index contributed by atoms with van der Waals surface area (Å²) in [7, 11) is 2.04. The van der Waals surface area contributed by atoms with Gasteiger partial charge in [0, 0.05) is 36.9 Å². The molecule has 0 bridgehead atoms. The van der Waals surface area contributed by atoms with Crippen LogP contribution in [0.4, 0.5) is 0 Å². The van der Waals surface area contributed by atoms with Crippen LogP contribution >= 0.6 is 0 Å². The first-order valence-electron chi connectivity index (χ1n) is 15.6. The van der Waals surface area contributed by atoms with Gasteiger partial charge in [0.1, 0.15) is 18.4 Å². The fourth-order valence-electron chi connectivity index (χ4n) is 5.65. The van der Waals surface area contributed by atoms with Gasteiger partial charge in [0.15, 0.2) is 6.20 Å². The Balaban J connectivity index is 1.06. The van der Waals surface area contributed by atoms with Crippen LogP contribution < -0.4 is 14.6 Å². The van der Waals surface area contributed by atoms with Crippen molar-refractivity contribution in [3.63, 3.8) is 0 Å². The Kier molecular flexibility index (Phi) is 11.0. The number of esters is 1. The van der Waals surface area contributed by atoms with Gasteiger partial charge < -0.3 is 24.3 Å². The number of carbonyl (C=O) groups excluding carboxylic acids is 1. The van der Waals surface area contributed by atoms with Gasteiger partial charge in [-0.25, -0.2) is 4.57 Å². The molecule has 1 aromatic heterocycles. The van der Waals surface area contributed by atoms with Crippen molar-refractivity contribution in [2.45, 2.75) is 58.0 Å². The summed E-state index contributed by atoms with van der Waals surface area (Å²) in [6, 6.07) is 28.7. The molecule has 1 aliphatic heterocycles. The van der Waals surface area contributed by atoms with E-state index in [2.05, 4.69) is 46.3 Å². The van der Waals surface area contributed by atoms with E-state index >= 15 is 0 Å². The molecular weight excluding hydrogens is 552 g/mol. The van der Waals surface area contributed by atoms with Gasteiger partial charge in [-0.05, 0) is 67.8 Å². The molecule has 2 unspecified atom stereocenters. The summed E-state index contributed by atoms with van der Waals surface area (Å²) in [6.45, 7) is 7.64. The van der Waals surface area contributed by atoms with E-state index in [1.165, 1.54) is 10.9 Å². The number of nitrogens with zero attached hydrogens (tertiary/aromatic N) is 1. The van der Waals surface area contributed by atoms with Crippen molar-refractivity contribution in [2.75, 3.05) is 26.3 Å². The smallest absolute Gasteiger partial charge is 0.312 e. The van der Waals surface area contributed by atoms with Crippen molar-refractivity contribution in [1.29, 1.82) is 0 Å². The molecule has 1 fully saturated rings. The van der Waals surface area contributed by atoms with E-state index < -0.39 is 5.60 Å². The zero-order valence-corrected chi connectivity index (χ0v) is 26.2. The molecule has 44 heavy (non-hydrogen) atoms. The molecule has 0 radical (unpaired) electrons. The molecule has 1 N–H and O–H groups in total. The minimum atomic E-state index is -0.655. The van der Waals surface area contributed by atoms with Gasteiger partial charge in [0.05, 0.1) is 38.4 Å². The summed E-state index contributed by atoms with van der Waals surface area (Å²) in [4.78, 5) is 13.4. The molecular formula is C37H45N2O5+. The molecule has 0 amide bonds. The number of hydrogen-bond donors (Lipinski definition) is 1. The number of rotatable bonds is 14. The van der Waals surface area contributed by atoms with Crippen LogP contribution in [0, 0.1) is 5.92 Å². The summed E-state index contributed by atoms with van der Waals surface area (Å²) >= 11 is 0. The first-order valence-corrected chi connectivity index (χ1v) is 15.6. The third-order valence-electron chi connectivity index (χ3n) is 8.00. The van der Waals surface area contributed by atoms with Crippen molar-refractivity contribution in [2.24, 2.45) is 13.0 Å². The largest absolute Gasteiger partial charge is 0.494 e. The summed E-state index contributed by atoms with van der Waals surface area (Å²) in [5.74, 6) is 0.321. The molecule has 232 valence electrons. The molecule has 1 saturated heterocycles. The number of nitrogens with one attached hydrogen (secondary N) is 1. The maximum absolute atomic E-state index is 13.4. The Labute approximate surface area is 261 Å². The first kappa shape index (κ1) is 31.6. The molecule has 2 atom stereocenters. The topological polar surface area (TPSA) is 69.9 Å². The normalized spacial score (nSPS) is 17.0. The van der Waals surface area contributed by atoms with Gasteiger partial charge in [0.25, 0.3) is 0 Å². The lowest BCUT2D eigenvalue weighted by atomic mass is 9.93. The minimum absolute atomic E-state index is 0.194. The number of aromatic nitrogens is 1. The Bertz CT molecular complexity index is 1490. The fraction of sp³-hybridized carbons (Fsp3) is 0.405. The molecule has 0 aliphatic carbocycles. The van der Waals surface area contributed by atoms with E-state index in [4.69, 9.17) is 18.9 Å². The summed E-state index contributed by atoms with van der Waals surface area (Å²) in [6.07, 6.45) is 3.92. The number of fused-ring (bicyclic) bond motifs is 1. The number of aryl methyl sites for hydroxylation is 1. The van der Waals surface area contributed by atoms with E-state index in [-0.39, 0.29) is 18.0 Å². The van der Waals surface area contributed by atoms with E-state index in [0.717, 1.165) is 35.4 Å². The van der Waals surface area contributed by atoms with E-state index in [1.54, 1.807) is 0 Å². The highest BCUT2D eigenvalue weighted by Crippen LogP contribution is 2.25. The summed E-state index contributed by atoms with van der Waals surface area (Å²) in [5.41, 5.74) is 3.84. The first-order chi connectivity index (χ1) is 21.4. The number of benzene rings is 3. The van der Waals surface area contributed by atoms with Gasteiger partial charge in [-0.3, -0.25) is 4.79 Å². The number of piperidine rings is 1. The van der Waals surface area contributed by atoms with Gasteiger partial charge in [-0.15, -0.1) is 0 Å². The maximum Gasteiger partial charge on any atom is 0.312 e. The highest BCUT2D eigenvalue weighted by molar-refractivity contribution is 5.76. The lowest BCUT2D eigenvalue weighted by Crippen LogP contribution is -2.47. The SMILES string of the molecule is C[n+]1cccc2ccc(COC3CNCCC3C(=O)OC(C)(C)Cc3ccc(OCCCOCc4ccccc4)cc3)cc21. The van der Waals surface area contributed by atoms with Gasteiger partial charge in [-0.1, -0.05) is 48.5 Å². The summed E-state index contributed by atoms with van der Waals surface area (Å²) < 4.78 is 26.2. The quantitative estimate of drug-likeness (QED) is 0.114. The predicted molar refractivity (Wildman–Crippen MR) is 171 cm³/mol. The van der Waals surface area contributed by atoms with Gasteiger partial charge >= 0.3 is 5.97 Å². The second kappa shape index (κ2) is 15.3. The zero-order valence-electron chi connectivity index (χ0n) is 26.2. The Morgan fingerprint density at radius 1 is 0.909 bits per heavy atom. The fourth-order valence-corrected chi connectivity index (χ4v) is 5.65. The van der Waals surface area contributed by atoms with Gasteiger partial charge in [-0.2, -0.15) is 0 Å². The lowest BCUT2D eigenvalue weighted by Gasteiger charge is -2.34. The van der Waals surface area contributed by atoms with Gasteiger partial charge in [0.2, 0.25) is 5.52 Å². The van der Waals surface area contributed by atoms with Crippen LogP contribution in [0.3, 0.4) is 0 Å². The van der Waals surface area contributed by atoms with Crippen LogP contribution in [0.25, 0.3) is 10.9 Å². The van der Waals surface area contributed by atoms with Crippen LogP contribution in [0.2, 0.25) is 0 Å². The number of pyridine rings is 1. The highest BCUT2D eigenvalue weighted by Gasteiger charge is 2.36. The number of hydrogen-bond acceptors (Lipinski definition) is 6. The minimum Gasteiger partial charge on any atom is -0.494 e. The van der Waals surface area contributed by atoms with Crippen LogP contribution in [-0.2, 0) is 45.7 Å². The average Bonchev–Trinajstić information content (AvgIpc) is 3.03. The number of ether oxygens (including phenoxy) is 4. The molecule has 0 spiro atoms. The van der Waals surface area contributed by atoms with Crippen molar-refractivity contribution in [3.8, 4) is 5.75 Å². The molecule has 7 nitrogen and oxygen atoms in total. The molecule has 4 aromatic rings. The van der Waals surface area contributed by atoms with E-state index in [0.29, 0.717) is 45.8 Å². The van der Waals surface area contributed by atoms with Crippen LogP contribution in [0.5, 0.6) is 5.75 Å². The monoisotopic (exact) mass is 597 g/mol. The molecule has 2 heterocycles. The van der Waals surface area contributed by atoms with Crippen LogP contribution in [0.1, 0.15) is 43.4 Å². The maximum atomic E-state index is 13.4. The lowest BCUT2D eigenvalue weighted by molar-refractivity contribution is -0.644. The molecule has 5 rings (SSSR count). The van der Waals surface area contributed by atoms with Crippen molar-refractivity contribution < 1.29 is 28.3 Å². The van der Waals surface area contributed by atoms with E-state index in [1.807, 2.05) is 75.6 Å². The third kappa shape index (κ3) is 9.11. The van der Waals surface area contributed by atoms with Crippen molar-refractivity contribution in [3.05, 3.63) is 108 Å². The third-order valence-corrected chi connectivity index (χ3v) is 8.00. The Morgan fingerprint density at radius 3 is 2.52 bits per heavy atom. The second-order valence-corrected chi connectivity index (χ2v) is 12.2. The Hall–Kier alpha value is -3.78. The summed E-state index contributed by atoms with van der Waals surface area (Å²) in [5, 5.41) is 4.56. The predicted octanol–water partition coefficient (Wildman–Crippen LogP) is 5.71. The zero-order chi connectivity index (χ0) is 30.8. The van der Waals surface area contributed by atoms with Crippen molar-refractivity contribution in [1.82, 2.24) is 5.32 Å². The van der Waals surface area contributed by atoms with Crippen LogP contribution in [0.15, 0.2) is 91.1 Å². The molecule has 3 aromatic carbocycles. The number of carbonyl (C=O) groups is 1. The molecule has 1 aliphatic rings. The highest BCUT2D eigenvalue weighted by atomic mass is 16.6. The molecule has 7 heteroatoms. The Morgan fingerprint density at radius 2 is 1.70 bits per heavy atom. The van der Waals surface area contributed by atoms with Crippen LogP contribution in [-0.4, -0.2) is 44.0 Å². The van der Waals surface area contributed by atoms with Crippen molar-refractivity contribution >= 4 is 16.9 Å².